The van der Waals surface area contributed by atoms with Crippen molar-refractivity contribution in [3.05, 3.63) is 39.6 Å². The number of hydrogen-bond donors (Lipinski definition) is 1. The normalized spacial score (nSPS) is 19.3. The number of carbonyl (C=O) groups is 1. The number of aryl methyl sites for hydroxylation is 2. The number of rotatable bonds is 2. The molecule has 0 bridgehead atoms. The van der Waals surface area contributed by atoms with Crippen LogP contribution in [-0.4, -0.2) is 40.5 Å². The molecule has 1 aliphatic rings. The lowest BCUT2D eigenvalue weighted by atomic mass is 10.2. The molecule has 3 rings (SSSR count). The molecule has 2 aromatic rings. The highest BCUT2D eigenvalue weighted by atomic mass is 32.1. The molecule has 6 heteroatoms. The molecule has 0 spiro atoms. The zero-order valence-electron chi connectivity index (χ0n) is 11.5. The summed E-state index contributed by atoms with van der Waals surface area (Å²) < 4.78 is 5.52. The number of hydrogen-bond acceptors (Lipinski definition) is 4. The van der Waals surface area contributed by atoms with E-state index in [1.54, 1.807) is 6.20 Å². The van der Waals surface area contributed by atoms with Crippen molar-refractivity contribution in [1.82, 2.24) is 14.9 Å². The van der Waals surface area contributed by atoms with E-state index in [9.17, 15) is 4.79 Å². The van der Waals surface area contributed by atoms with Crippen LogP contribution in [0.5, 0.6) is 0 Å². The number of imidazole rings is 1. The number of amides is 1. The molecule has 3 heterocycles. The number of ether oxygens (including phenoxy) is 1. The monoisotopic (exact) mass is 291 g/mol. The molecule has 5 nitrogen and oxygen atoms in total. The van der Waals surface area contributed by atoms with Gasteiger partial charge in [0.2, 0.25) is 0 Å². The lowest BCUT2D eigenvalue weighted by Crippen LogP contribution is -2.43. The van der Waals surface area contributed by atoms with Crippen LogP contribution in [0.4, 0.5) is 0 Å². The molecule has 106 valence electrons. The third-order valence-electron chi connectivity index (χ3n) is 3.38. The molecule has 0 radical (unpaired) electrons. The maximum absolute atomic E-state index is 12.6. The Balaban J connectivity index is 1.87. The fourth-order valence-electron chi connectivity index (χ4n) is 2.37. The van der Waals surface area contributed by atoms with E-state index in [0.29, 0.717) is 19.8 Å². The molecule has 1 unspecified atom stereocenters. The molecular weight excluding hydrogens is 274 g/mol. The fourth-order valence-corrected chi connectivity index (χ4v) is 3.19. The second-order valence-electron chi connectivity index (χ2n) is 4.95. The summed E-state index contributed by atoms with van der Waals surface area (Å²) in [5.41, 5.74) is 0.991. The van der Waals surface area contributed by atoms with Crippen LogP contribution in [0.15, 0.2) is 18.3 Å². The number of carbonyl (C=O) groups excluding carboxylic acids is 1. The van der Waals surface area contributed by atoms with Crippen molar-refractivity contribution in [2.24, 2.45) is 0 Å². The minimum atomic E-state index is -0.132. The van der Waals surface area contributed by atoms with E-state index in [4.69, 9.17) is 4.74 Å². The van der Waals surface area contributed by atoms with E-state index in [2.05, 4.69) is 9.97 Å². The lowest BCUT2D eigenvalue weighted by Gasteiger charge is -2.34. The molecule has 1 aliphatic heterocycles. The summed E-state index contributed by atoms with van der Waals surface area (Å²) in [5, 5.41) is 0. The maximum atomic E-state index is 12.6. The summed E-state index contributed by atoms with van der Waals surface area (Å²) in [6, 6.07) is 3.74. The molecule has 1 amide bonds. The van der Waals surface area contributed by atoms with Crippen molar-refractivity contribution in [3.8, 4) is 0 Å². The van der Waals surface area contributed by atoms with Gasteiger partial charge in [0.25, 0.3) is 5.91 Å². The number of aromatic amines is 1. The molecule has 1 atom stereocenters. The lowest BCUT2D eigenvalue weighted by molar-refractivity contribution is -0.00474. The summed E-state index contributed by atoms with van der Waals surface area (Å²) in [5.74, 6) is 0.856. The highest BCUT2D eigenvalue weighted by Crippen LogP contribution is 2.26. The number of nitrogens with zero attached hydrogens (tertiary/aromatic N) is 2. The van der Waals surface area contributed by atoms with E-state index >= 15 is 0 Å². The summed E-state index contributed by atoms with van der Waals surface area (Å²) in [6.07, 6.45) is 1.78. The van der Waals surface area contributed by atoms with Gasteiger partial charge in [-0.1, -0.05) is 0 Å². The Morgan fingerprint density at radius 2 is 2.35 bits per heavy atom. The number of aromatic nitrogens is 2. The smallest absolute Gasteiger partial charge is 0.264 e. The number of morpholine rings is 1. The first-order chi connectivity index (χ1) is 9.65. The predicted molar refractivity (Wildman–Crippen MR) is 77.0 cm³/mol. The van der Waals surface area contributed by atoms with Crippen LogP contribution in [0.25, 0.3) is 0 Å². The highest BCUT2D eigenvalue weighted by molar-refractivity contribution is 7.13. The topological polar surface area (TPSA) is 58.2 Å². The van der Waals surface area contributed by atoms with Crippen LogP contribution in [0.3, 0.4) is 0 Å². The minimum Gasteiger partial charge on any atom is -0.377 e. The summed E-state index contributed by atoms with van der Waals surface area (Å²) in [6.45, 7) is 5.62. The first-order valence-corrected chi connectivity index (χ1v) is 7.43. The third kappa shape index (κ3) is 2.48. The minimum absolute atomic E-state index is 0.0606. The molecule has 2 aromatic heterocycles. The van der Waals surface area contributed by atoms with Crippen molar-refractivity contribution >= 4 is 17.2 Å². The second kappa shape index (κ2) is 5.38. The zero-order chi connectivity index (χ0) is 14.1. The van der Waals surface area contributed by atoms with Gasteiger partial charge in [-0.25, -0.2) is 4.98 Å². The van der Waals surface area contributed by atoms with E-state index in [-0.39, 0.29) is 11.9 Å². The van der Waals surface area contributed by atoms with Crippen molar-refractivity contribution in [2.45, 2.75) is 19.9 Å². The van der Waals surface area contributed by atoms with E-state index in [1.165, 1.54) is 11.3 Å². The second-order valence-corrected chi connectivity index (χ2v) is 6.24. The fraction of sp³-hybridized carbons (Fsp3) is 0.429. The van der Waals surface area contributed by atoms with Gasteiger partial charge in [0.1, 0.15) is 11.9 Å². The van der Waals surface area contributed by atoms with E-state index < -0.39 is 0 Å². The molecule has 1 fully saturated rings. The molecular formula is C14H17N3O2S. The van der Waals surface area contributed by atoms with Crippen molar-refractivity contribution < 1.29 is 9.53 Å². The molecule has 1 N–H and O–H groups in total. The van der Waals surface area contributed by atoms with Gasteiger partial charge in [0.05, 0.1) is 18.1 Å². The maximum Gasteiger partial charge on any atom is 0.264 e. The zero-order valence-corrected chi connectivity index (χ0v) is 12.4. The van der Waals surface area contributed by atoms with Gasteiger partial charge in [-0.3, -0.25) is 4.79 Å². The molecule has 0 aliphatic carbocycles. The largest absolute Gasteiger partial charge is 0.377 e. The summed E-state index contributed by atoms with van der Waals surface area (Å²) in [7, 11) is 0. The SMILES string of the molecule is Cc1cnc(C2COCCN2C(=O)c2ccc(C)s2)[nH]1. The van der Waals surface area contributed by atoms with Crippen LogP contribution >= 0.6 is 11.3 Å². The van der Waals surface area contributed by atoms with Gasteiger partial charge in [0.15, 0.2) is 0 Å². The van der Waals surface area contributed by atoms with Crippen LogP contribution < -0.4 is 0 Å². The summed E-state index contributed by atoms with van der Waals surface area (Å²) in [4.78, 5) is 24.0. The molecule has 0 aromatic carbocycles. The van der Waals surface area contributed by atoms with Crippen LogP contribution in [0, 0.1) is 13.8 Å². The Labute approximate surface area is 121 Å². The first-order valence-electron chi connectivity index (χ1n) is 6.62. The van der Waals surface area contributed by atoms with Gasteiger partial charge in [-0.05, 0) is 26.0 Å². The number of nitrogens with one attached hydrogen (secondary N) is 1. The average Bonchev–Trinajstić information content (AvgIpc) is 3.07. The van der Waals surface area contributed by atoms with Gasteiger partial charge >= 0.3 is 0 Å². The van der Waals surface area contributed by atoms with Crippen LogP contribution in [-0.2, 0) is 4.74 Å². The highest BCUT2D eigenvalue weighted by Gasteiger charge is 2.31. The van der Waals surface area contributed by atoms with Gasteiger partial charge in [-0.15, -0.1) is 11.3 Å². The average molecular weight is 291 g/mol. The van der Waals surface area contributed by atoms with E-state index in [0.717, 1.165) is 21.3 Å². The standard InChI is InChI=1S/C14H17N3O2S/c1-9-7-15-13(16-9)11-8-19-6-5-17(11)14(18)12-4-3-10(2)20-12/h3-4,7,11H,5-6,8H2,1-2H3,(H,15,16). The van der Waals surface area contributed by atoms with Crippen LogP contribution in [0.2, 0.25) is 0 Å². The predicted octanol–water partition coefficient (Wildman–Crippen LogP) is 2.30. The Morgan fingerprint density at radius 1 is 1.50 bits per heavy atom. The van der Waals surface area contributed by atoms with Crippen molar-refractivity contribution in [1.29, 1.82) is 0 Å². The molecule has 0 saturated carbocycles. The Hall–Kier alpha value is -1.66. The number of thiophene rings is 1. The molecule has 20 heavy (non-hydrogen) atoms. The van der Waals surface area contributed by atoms with Crippen molar-refractivity contribution in [3.63, 3.8) is 0 Å². The van der Waals surface area contributed by atoms with Crippen molar-refractivity contribution in [2.75, 3.05) is 19.8 Å². The third-order valence-corrected chi connectivity index (χ3v) is 4.37. The molecule has 1 saturated heterocycles. The Kier molecular flexibility index (Phi) is 3.58. The Bertz CT molecular complexity index is 619. The van der Waals surface area contributed by atoms with Gasteiger partial charge in [-0.2, -0.15) is 0 Å². The van der Waals surface area contributed by atoms with E-state index in [1.807, 2.05) is 30.9 Å². The number of H-pyrrole nitrogens is 1. The first kappa shape index (κ1) is 13.3. The van der Waals surface area contributed by atoms with Crippen LogP contribution in [0.1, 0.15) is 32.1 Å². The van der Waals surface area contributed by atoms with Gasteiger partial charge in [0, 0.05) is 23.3 Å². The Morgan fingerprint density at radius 3 is 3.00 bits per heavy atom. The quantitative estimate of drug-likeness (QED) is 0.923. The summed E-state index contributed by atoms with van der Waals surface area (Å²) >= 11 is 1.53. The van der Waals surface area contributed by atoms with Gasteiger partial charge < -0.3 is 14.6 Å².